The number of aromatic nitrogens is 2. The van der Waals surface area contributed by atoms with Gasteiger partial charge in [0.2, 0.25) is 6.29 Å². The predicted octanol–water partition coefficient (Wildman–Crippen LogP) is 0.207. The highest BCUT2D eigenvalue weighted by Gasteiger charge is 2.57. The normalized spacial score (nSPS) is 29.4. The van der Waals surface area contributed by atoms with Gasteiger partial charge in [0.15, 0.2) is 6.10 Å². The number of aliphatic hydroxyl groups excluding tert-OH is 4. The second kappa shape index (κ2) is 8.23. The minimum absolute atomic E-state index is 0.149. The van der Waals surface area contributed by atoms with E-state index in [2.05, 4.69) is 18.0 Å². The summed E-state index contributed by atoms with van der Waals surface area (Å²) in [6.45, 7) is 1.97. The Morgan fingerprint density at radius 3 is 2.67 bits per heavy atom. The average Bonchev–Trinajstić information content (AvgIpc) is 3.37. The van der Waals surface area contributed by atoms with Gasteiger partial charge in [-0.2, -0.15) is 0 Å². The Balaban J connectivity index is 1.68. The van der Waals surface area contributed by atoms with Gasteiger partial charge in [0.05, 0.1) is 25.0 Å². The van der Waals surface area contributed by atoms with Crippen molar-refractivity contribution in [2.24, 2.45) is 0 Å². The summed E-state index contributed by atoms with van der Waals surface area (Å²) in [6.07, 6.45) is -4.24. The molecule has 1 aliphatic heterocycles. The zero-order valence-electron chi connectivity index (χ0n) is 16.3. The van der Waals surface area contributed by atoms with Crippen LogP contribution in [0.5, 0.6) is 5.75 Å². The van der Waals surface area contributed by atoms with Crippen LogP contribution in [0.2, 0.25) is 0 Å². The van der Waals surface area contributed by atoms with Gasteiger partial charge in [-0.1, -0.05) is 13.0 Å². The van der Waals surface area contributed by atoms with Crippen molar-refractivity contribution in [3.8, 4) is 5.75 Å². The van der Waals surface area contributed by atoms with Crippen LogP contribution in [-0.2, 0) is 17.7 Å². The second-order valence-corrected chi connectivity index (χ2v) is 8.47. The number of ether oxygens (including phenoxy) is 2. The summed E-state index contributed by atoms with van der Waals surface area (Å²) in [5.41, 5.74) is 1.15. The van der Waals surface area contributed by atoms with Crippen LogP contribution in [0.1, 0.15) is 16.7 Å². The number of thiophene rings is 1. The lowest BCUT2D eigenvalue weighted by Gasteiger charge is -2.45. The molecule has 2 aromatic heterocycles. The zero-order chi connectivity index (χ0) is 21.5. The fourth-order valence-corrected chi connectivity index (χ4v) is 4.49. The average molecular weight is 436 g/mol. The third-order valence-electron chi connectivity index (χ3n) is 5.23. The van der Waals surface area contributed by atoms with Crippen molar-refractivity contribution in [1.29, 1.82) is 0 Å². The SMILES string of the molecule is CCc1ccc(Cn2cnc3cccc(O[C@@]4(O)[C@H](O)O[C@@H](CO)[C@H](O)[C@H]4O)c32)s1. The quantitative estimate of drug-likeness (QED) is 0.346. The van der Waals surface area contributed by atoms with Crippen LogP contribution in [0.25, 0.3) is 11.0 Å². The third kappa shape index (κ3) is 3.60. The molecule has 9 nitrogen and oxygen atoms in total. The molecule has 0 aliphatic carbocycles. The minimum atomic E-state index is -2.65. The highest BCUT2D eigenvalue weighted by molar-refractivity contribution is 7.11. The topological polar surface area (TPSA) is 137 Å². The fraction of sp³-hybridized carbons (Fsp3) is 0.450. The van der Waals surface area contributed by atoms with Gasteiger partial charge in [0, 0.05) is 9.75 Å². The maximum absolute atomic E-state index is 10.8. The van der Waals surface area contributed by atoms with Crippen LogP contribution in [0, 0.1) is 0 Å². The third-order valence-corrected chi connectivity index (χ3v) is 6.45. The van der Waals surface area contributed by atoms with Gasteiger partial charge in [-0.3, -0.25) is 0 Å². The second-order valence-electron chi connectivity index (χ2n) is 7.22. The number of hydrogen-bond donors (Lipinski definition) is 5. The molecule has 0 bridgehead atoms. The molecule has 4 rings (SSSR count). The van der Waals surface area contributed by atoms with Crippen LogP contribution in [-0.4, -0.2) is 72.1 Å². The van der Waals surface area contributed by atoms with E-state index in [9.17, 15) is 25.5 Å². The van der Waals surface area contributed by atoms with Crippen molar-refractivity contribution in [2.75, 3.05) is 6.61 Å². The van der Waals surface area contributed by atoms with Gasteiger partial charge in [0.1, 0.15) is 23.5 Å². The summed E-state index contributed by atoms with van der Waals surface area (Å²) in [7, 11) is 0. The van der Waals surface area contributed by atoms with Gasteiger partial charge >= 0.3 is 0 Å². The summed E-state index contributed by atoms with van der Waals surface area (Å²) < 4.78 is 12.5. The van der Waals surface area contributed by atoms with Crippen LogP contribution in [0.3, 0.4) is 0 Å². The molecule has 3 aromatic rings. The predicted molar refractivity (Wildman–Crippen MR) is 108 cm³/mol. The first-order valence-electron chi connectivity index (χ1n) is 9.60. The maximum atomic E-state index is 10.8. The molecule has 0 saturated carbocycles. The molecule has 1 fully saturated rings. The molecule has 0 spiro atoms. The van der Waals surface area contributed by atoms with E-state index in [1.165, 1.54) is 4.88 Å². The standard InChI is InChI=1S/C20H24N2O7S/c1-2-11-6-7-12(30-11)8-22-10-21-13-4-3-5-14(16(13)22)29-20(27)18(25)17(24)15(9-23)28-19(20)26/h3-7,10,15,17-19,23-27H,2,8-9H2,1H3/t15-,17-,18+,19+,20+/m0/s1. The molecule has 0 amide bonds. The number of benzene rings is 1. The van der Waals surface area contributed by atoms with E-state index in [0.717, 1.165) is 11.3 Å². The monoisotopic (exact) mass is 436 g/mol. The molecule has 162 valence electrons. The highest BCUT2D eigenvalue weighted by atomic mass is 32.1. The zero-order valence-corrected chi connectivity index (χ0v) is 17.1. The van der Waals surface area contributed by atoms with Crippen LogP contribution < -0.4 is 4.74 Å². The molecule has 30 heavy (non-hydrogen) atoms. The van der Waals surface area contributed by atoms with E-state index in [4.69, 9.17) is 9.47 Å². The van der Waals surface area contributed by atoms with Crippen molar-refractivity contribution in [3.63, 3.8) is 0 Å². The molecular formula is C20H24N2O7S. The Labute approximate surface area is 176 Å². The van der Waals surface area contributed by atoms with Crippen molar-refractivity contribution in [3.05, 3.63) is 46.4 Å². The van der Waals surface area contributed by atoms with E-state index < -0.39 is 37.0 Å². The number of hydrogen-bond acceptors (Lipinski definition) is 9. The highest BCUT2D eigenvalue weighted by Crippen LogP contribution is 2.35. The number of para-hydroxylation sites is 1. The summed E-state index contributed by atoms with van der Waals surface area (Å²) in [6, 6.07) is 9.11. The summed E-state index contributed by atoms with van der Waals surface area (Å²) in [5.74, 6) is -2.50. The first-order valence-corrected chi connectivity index (χ1v) is 10.4. The Bertz CT molecular complexity index is 1020. The minimum Gasteiger partial charge on any atom is -0.452 e. The lowest BCUT2D eigenvalue weighted by Crippen LogP contribution is -2.69. The molecule has 1 aromatic carbocycles. The number of aliphatic hydroxyl groups is 5. The van der Waals surface area contributed by atoms with E-state index in [-0.39, 0.29) is 5.75 Å². The van der Waals surface area contributed by atoms with Crippen molar-refractivity contribution in [1.82, 2.24) is 9.55 Å². The number of imidazole rings is 1. The summed E-state index contributed by atoms with van der Waals surface area (Å²) >= 11 is 1.69. The van der Waals surface area contributed by atoms with Gasteiger partial charge < -0.3 is 39.6 Å². The van der Waals surface area contributed by atoms with Gasteiger partial charge in [-0.05, 0) is 30.7 Å². The molecule has 3 heterocycles. The van der Waals surface area contributed by atoms with Gasteiger partial charge in [-0.15, -0.1) is 11.3 Å². The number of rotatable bonds is 6. The summed E-state index contributed by atoms with van der Waals surface area (Å²) in [5, 5.41) is 50.8. The van der Waals surface area contributed by atoms with E-state index in [1.807, 2.05) is 10.6 Å². The lowest BCUT2D eigenvalue weighted by atomic mass is 9.96. The molecule has 1 saturated heterocycles. The van der Waals surface area contributed by atoms with Crippen LogP contribution >= 0.6 is 11.3 Å². The molecule has 0 radical (unpaired) electrons. The molecule has 5 atom stereocenters. The number of aryl methyl sites for hydroxylation is 1. The molecular weight excluding hydrogens is 412 g/mol. The Kier molecular flexibility index (Phi) is 5.82. The molecule has 5 N–H and O–H groups in total. The largest absolute Gasteiger partial charge is 0.452 e. The van der Waals surface area contributed by atoms with Crippen LogP contribution in [0.15, 0.2) is 36.7 Å². The lowest BCUT2D eigenvalue weighted by molar-refractivity contribution is -0.385. The van der Waals surface area contributed by atoms with E-state index in [0.29, 0.717) is 17.6 Å². The Hall–Kier alpha value is -2.05. The van der Waals surface area contributed by atoms with Gasteiger partial charge in [0.25, 0.3) is 5.79 Å². The Morgan fingerprint density at radius 2 is 1.97 bits per heavy atom. The first-order chi connectivity index (χ1) is 14.4. The summed E-state index contributed by atoms with van der Waals surface area (Å²) in [4.78, 5) is 6.74. The van der Waals surface area contributed by atoms with Gasteiger partial charge in [-0.25, -0.2) is 4.98 Å². The smallest absolute Gasteiger partial charge is 0.288 e. The molecule has 1 aliphatic rings. The molecule has 10 heteroatoms. The molecule has 0 unspecified atom stereocenters. The maximum Gasteiger partial charge on any atom is 0.288 e. The van der Waals surface area contributed by atoms with Crippen molar-refractivity contribution < 1.29 is 35.0 Å². The van der Waals surface area contributed by atoms with Crippen LogP contribution in [0.4, 0.5) is 0 Å². The van der Waals surface area contributed by atoms with E-state index in [1.54, 1.807) is 35.9 Å². The fourth-order valence-electron chi connectivity index (χ4n) is 3.54. The van der Waals surface area contributed by atoms with Crippen molar-refractivity contribution in [2.45, 2.75) is 50.3 Å². The Morgan fingerprint density at radius 1 is 1.20 bits per heavy atom. The van der Waals surface area contributed by atoms with Crippen molar-refractivity contribution >= 4 is 22.4 Å². The number of fused-ring (bicyclic) bond motifs is 1. The van der Waals surface area contributed by atoms with E-state index >= 15 is 0 Å². The first kappa shape index (κ1) is 21.2. The number of nitrogens with zero attached hydrogens (tertiary/aromatic N) is 2.